The van der Waals surface area contributed by atoms with E-state index in [0.29, 0.717) is 6.61 Å². The minimum absolute atomic E-state index is 0.0766. The maximum absolute atomic E-state index is 12.0. The van der Waals surface area contributed by atoms with E-state index in [9.17, 15) is 9.59 Å². The average molecular weight is 288 g/mol. The van der Waals surface area contributed by atoms with E-state index in [1.54, 1.807) is 0 Å². The summed E-state index contributed by atoms with van der Waals surface area (Å²) < 4.78 is 5.62. The Hall–Kier alpha value is -0.750. The highest BCUT2D eigenvalue weighted by Gasteiger charge is 2.49. The molecule has 2 N–H and O–H groups in total. The molecular weight excluding hydrogens is 264 g/mol. The SMILES string of the molecule is CCOC1CC(NC(=O)C(CS)NC(C)=O)C1(C)C. The lowest BCUT2D eigenvalue weighted by Gasteiger charge is -2.51. The molecule has 1 saturated carbocycles. The van der Waals surface area contributed by atoms with Crippen LogP contribution >= 0.6 is 12.6 Å². The zero-order valence-electron chi connectivity index (χ0n) is 12.0. The number of rotatable bonds is 6. The van der Waals surface area contributed by atoms with E-state index in [1.807, 2.05) is 6.92 Å². The molecule has 1 rings (SSSR count). The molecule has 0 saturated heterocycles. The van der Waals surface area contributed by atoms with Gasteiger partial charge in [-0.3, -0.25) is 9.59 Å². The van der Waals surface area contributed by atoms with Gasteiger partial charge in [0.15, 0.2) is 0 Å². The Morgan fingerprint density at radius 3 is 2.53 bits per heavy atom. The molecule has 3 atom stereocenters. The van der Waals surface area contributed by atoms with Gasteiger partial charge in [-0.1, -0.05) is 13.8 Å². The second-order valence-electron chi connectivity index (χ2n) is 5.50. The summed E-state index contributed by atoms with van der Waals surface area (Å²) in [6.45, 7) is 8.20. The van der Waals surface area contributed by atoms with Crippen LogP contribution < -0.4 is 10.6 Å². The van der Waals surface area contributed by atoms with Gasteiger partial charge in [0.1, 0.15) is 6.04 Å². The van der Waals surface area contributed by atoms with Gasteiger partial charge < -0.3 is 15.4 Å². The van der Waals surface area contributed by atoms with Gasteiger partial charge in [0.2, 0.25) is 11.8 Å². The van der Waals surface area contributed by atoms with Crippen molar-refractivity contribution in [2.75, 3.05) is 12.4 Å². The first-order valence-corrected chi connectivity index (χ1v) is 7.26. The smallest absolute Gasteiger partial charge is 0.243 e. The van der Waals surface area contributed by atoms with E-state index < -0.39 is 6.04 Å². The molecule has 2 amide bonds. The minimum atomic E-state index is -0.581. The first-order valence-electron chi connectivity index (χ1n) is 6.62. The van der Waals surface area contributed by atoms with Crippen molar-refractivity contribution < 1.29 is 14.3 Å². The molecular formula is C13H24N2O3S. The summed E-state index contributed by atoms with van der Waals surface area (Å²) in [6, 6.07) is -0.504. The molecule has 19 heavy (non-hydrogen) atoms. The standard InChI is InChI=1S/C13H24N2O3S/c1-5-18-11-6-10(13(11,3)4)15-12(17)9(7-19)14-8(2)16/h9-11,19H,5-7H2,1-4H3,(H,14,16)(H,15,17). The lowest BCUT2D eigenvalue weighted by atomic mass is 9.64. The average Bonchev–Trinajstić information content (AvgIpc) is 2.34. The topological polar surface area (TPSA) is 67.4 Å². The van der Waals surface area contributed by atoms with Gasteiger partial charge in [-0.2, -0.15) is 12.6 Å². The Kier molecular flexibility index (Phi) is 5.67. The molecule has 0 aliphatic heterocycles. The quantitative estimate of drug-likeness (QED) is 0.632. The van der Waals surface area contributed by atoms with Crippen LogP contribution in [-0.4, -0.2) is 42.4 Å². The van der Waals surface area contributed by atoms with Gasteiger partial charge in [-0.25, -0.2) is 0 Å². The van der Waals surface area contributed by atoms with E-state index >= 15 is 0 Å². The van der Waals surface area contributed by atoms with E-state index in [1.165, 1.54) is 6.92 Å². The maximum atomic E-state index is 12.0. The van der Waals surface area contributed by atoms with Crippen molar-refractivity contribution in [3.8, 4) is 0 Å². The van der Waals surface area contributed by atoms with Gasteiger partial charge in [0, 0.05) is 30.7 Å². The fourth-order valence-corrected chi connectivity index (χ4v) is 2.58. The Morgan fingerprint density at radius 2 is 2.11 bits per heavy atom. The van der Waals surface area contributed by atoms with Crippen molar-refractivity contribution in [2.45, 2.75) is 52.3 Å². The van der Waals surface area contributed by atoms with Crippen LogP contribution in [0.5, 0.6) is 0 Å². The maximum Gasteiger partial charge on any atom is 0.243 e. The van der Waals surface area contributed by atoms with Crippen LogP contribution in [0.1, 0.15) is 34.1 Å². The molecule has 0 aromatic rings. The van der Waals surface area contributed by atoms with E-state index in [2.05, 4.69) is 37.1 Å². The second-order valence-corrected chi connectivity index (χ2v) is 5.86. The third-order valence-electron chi connectivity index (χ3n) is 3.74. The highest BCUT2D eigenvalue weighted by atomic mass is 32.1. The number of ether oxygens (including phenoxy) is 1. The number of carbonyl (C=O) groups is 2. The summed E-state index contributed by atoms with van der Waals surface area (Å²) in [6.07, 6.45) is 0.990. The van der Waals surface area contributed by atoms with E-state index in [4.69, 9.17) is 4.74 Å². The fourth-order valence-electron chi connectivity index (χ4n) is 2.33. The number of nitrogens with one attached hydrogen (secondary N) is 2. The first kappa shape index (κ1) is 16.3. The summed E-state index contributed by atoms with van der Waals surface area (Å²) in [5.41, 5.74) is -0.0803. The molecule has 1 fully saturated rings. The number of amides is 2. The molecule has 0 aromatic carbocycles. The van der Waals surface area contributed by atoms with Crippen LogP contribution in [0.25, 0.3) is 0 Å². The van der Waals surface area contributed by atoms with Gasteiger partial charge in [-0.05, 0) is 13.3 Å². The Labute approximate surface area is 120 Å². The van der Waals surface area contributed by atoms with Crippen molar-refractivity contribution >= 4 is 24.4 Å². The Balaban J connectivity index is 2.52. The lowest BCUT2D eigenvalue weighted by Crippen LogP contribution is -2.64. The van der Waals surface area contributed by atoms with Crippen LogP contribution in [0.3, 0.4) is 0 Å². The van der Waals surface area contributed by atoms with Crippen LogP contribution in [0.4, 0.5) is 0 Å². The number of thiol groups is 1. The van der Waals surface area contributed by atoms with Crippen LogP contribution in [0.2, 0.25) is 0 Å². The predicted octanol–water partition coefficient (Wildman–Crippen LogP) is 0.741. The molecule has 5 nitrogen and oxygen atoms in total. The molecule has 1 aliphatic carbocycles. The molecule has 110 valence electrons. The molecule has 0 spiro atoms. The van der Waals surface area contributed by atoms with Crippen molar-refractivity contribution in [3.05, 3.63) is 0 Å². The van der Waals surface area contributed by atoms with Crippen LogP contribution in [0, 0.1) is 5.41 Å². The van der Waals surface area contributed by atoms with E-state index in [0.717, 1.165) is 6.42 Å². The predicted molar refractivity (Wildman–Crippen MR) is 77.2 cm³/mol. The van der Waals surface area contributed by atoms with Gasteiger partial charge >= 0.3 is 0 Å². The largest absolute Gasteiger partial charge is 0.378 e. The fraction of sp³-hybridized carbons (Fsp3) is 0.846. The minimum Gasteiger partial charge on any atom is -0.378 e. The summed E-state index contributed by atoms with van der Waals surface area (Å²) >= 11 is 4.09. The highest BCUT2D eigenvalue weighted by Crippen LogP contribution is 2.42. The van der Waals surface area contributed by atoms with Crippen molar-refractivity contribution in [1.82, 2.24) is 10.6 Å². The highest BCUT2D eigenvalue weighted by molar-refractivity contribution is 7.80. The van der Waals surface area contributed by atoms with Crippen molar-refractivity contribution in [3.63, 3.8) is 0 Å². The molecule has 0 radical (unpaired) electrons. The van der Waals surface area contributed by atoms with Crippen molar-refractivity contribution in [1.29, 1.82) is 0 Å². The third kappa shape index (κ3) is 3.86. The zero-order valence-corrected chi connectivity index (χ0v) is 12.9. The molecule has 0 heterocycles. The van der Waals surface area contributed by atoms with Gasteiger partial charge in [0.25, 0.3) is 0 Å². The summed E-state index contributed by atoms with van der Waals surface area (Å²) in [5, 5.41) is 5.56. The Bertz CT molecular complexity index is 347. The molecule has 0 bridgehead atoms. The third-order valence-corrected chi connectivity index (χ3v) is 4.10. The number of hydrogen-bond donors (Lipinski definition) is 3. The molecule has 6 heteroatoms. The van der Waals surface area contributed by atoms with Gasteiger partial charge in [-0.15, -0.1) is 0 Å². The molecule has 1 aliphatic rings. The Morgan fingerprint density at radius 1 is 1.47 bits per heavy atom. The molecule has 0 aromatic heterocycles. The summed E-state index contributed by atoms with van der Waals surface area (Å²) in [4.78, 5) is 23.1. The van der Waals surface area contributed by atoms with Crippen LogP contribution in [-0.2, 0) is 14.3 Å². The van der Waals surface area contributed by atoms with Crippen molar-refractivity contribution in [2.24, 2.45) is 5.41 Å². The summed E-state index contributed by atoms with van der Waals surface area (Å²) in [5.74, 6) is -0.125. The van der Waals surface area contributed by atoms with Crippen LogP contribution in [0.15, 0.2) is 0 Å². The summed E-state index contributed by atoms with van der Waals surface area (Å²) in [7, 11) is 0. The lowest BCUT2D eigenvalue weighted by molar-refractivity contribution is -0.139. The number of carbonyl (C=O) groups excluding carboxylic acids is 2. The van der Waals surface area contributed by atoms with Gasteiger partial charge in [0.05, 0.1) is 6.10 Å². The second kappa shape index (κ2) is 6.61. The first-order chi connectivity index (χ1) is 8.82. The molecule has 3 unspecified atom stereocenters. The van der Waals surface area contributed by atoms with E-state index in [-0.39, 0.29) is 35.1 Å². The normalized spacial score (nSPS) is 26.2. The number of hydrogen-bond acceptors (Lipinski definition) is 4. The zero-order chi connectivity index (χ0) is 14.6. The monoisotopic (exact) mass is 288 g/mol.